The van der Waals surface area contributed by atoms with Crippen LogP contribution in [0.3, 0.4) is 0 Å². The largest absolute Gasteiger partial charge is 0.507 e. The standard InChI is InChI=1S/C28H31N5O3/c1-18-16-21-22(13-8-14-23(21)34)33(18)26-30-24(29-17-19-10-6-5-7-11-19)20-12-9-15-32(25(20)31-26)27(35)36-28(2,3)4/h5-8,10-11,13-14,16,34H,9,12,15,17H2,1-4H3,(H,29,30,31). The molecule has 8 heteroatoms. The molecule has 0 radical (unpaired) electrons. The third kappa shape index (κ3) is 4.58. The summed E-state index contributed by atoms with van der Waals surface area (Å²) in [5.74, 6) is 1.87. The van der Waals surface area contributed by atoms with E-state index in [1.165, 1.54) is 0 Å². The second kappa shape index (κ2) is 9.18. The molecule has 0 aliphatic carbocycles. The number of carbonyl (C=O) groups is 1. The minimum Gasteiger partial charge on any atom is -0.507 e. The van der Waals surface area contributed by atoms with Crippen molar-refractivity contribution in [1.29, 1.82) is 0 Å². The molecule has 1 aliphatic rings. The number of nitrogens with one attached hydrogen (secondary N) is 1. The van der Waals surface area contributed by atoms with Crippen molar-refractivity contribution in [3.8, 4) is 11.7 Å². The van der Waals surface area contributed by atoms with E-state index < -0.39 is 11.7 Å². The van der Waals surface area contributed by atoms with Gasteiger partial charge in [-0.05, 0) is 64.3 Å². The Bertz CT molecular complexity index is 1420. The summed E-state index contributed by atoms with van der Waals surface area (Å²) in [5.41, 5.74) is 3.06. The van der Waals surface area contributed by atoms with Crippen LogP contribution in [0.1, 0.15) is 44.0 Å². The van der Waals surface area contributed by atoms with Gasteiger partial charge >= 0.3 is 6.09 Å². The van der Waals surface area contributed by atoms with Gasteiger partial charge in [-0.25, -0.2) is 4.79 Å². The third-order valence-electron chi connectivity index (χ3n) is 6.16. The molecule has 2 N–H and O–H groups in total. The first-order chi connectivity index (χ1) is 17.2. The highest BCUT2D eigenvalue weighted by molar-refractivity contribution is 5.90. The Kier molecular flexibility index (Phi) is 6.04. The summed E-state index contributed by atoms with van der Waals surface area (Å²) < 4.78 is 7.62. The summed E-state index contributed by atoms with van der Waals surface area (Å²) in [6.45, 7) is 8.62. The predicted molar refractivity (Wildman–Crippen MR) is 141 cm³/mol. The Morgan fingerprint density at radius 3 is 2.64 bits per heavy atom. The highest BCUT2D eigenvalue weighted by atomic mass is 16.6. The molecule has 2 aromatic carbocycles. The Balaban J connectivity index is 1.65. The zero-order chi connectivity index (χ0) is 25.4. The van der Waals surface area contributed by atoms with Crippen LogP contribution in [0.4, 0.5) is 16.4 Å². The Hall–Kier alpha value is -4.07. The molecule has 0 unspecified atom stereocenters. The fourth-order valence-electron chi connectivity index (χ4n) is 4.57. The van der Waals surface area contributed by atoms with Crippen molar-refractivity contribution in [3.05, 3.63) is 71.4 Å². The van der Waals surface area contributed by atoms with Crippen LogP contribution in [-0.4, -0.2) is 37.9 Å². The number of hydrogen-bond donors (Lipinski definition) is 2. The first-order valence-electron chi connectivity index (χ1n) is 12.2. The van der Waals surface area contributed by atoms with Crippen LogP contribution in [0, 0.1) is 6.92 Å². The predicted octanol–water partition coefficient (Wildman–Crippen LogP) is 5.73. The van der Waals surface area contributed by atoms with Gasteiger partial charge in [0.15, 0.2) is 0 Å². The Labute approximate surface area is 210 Å². The number of phenolic OH excluding ortho intramolecular Hbond substituents is 1. The number of nitrogens with zero attached hydrogens (tertiary/aromatic N) is 4. The van der Waals surface area contributed by atoms with E-state index in [-0.39, 0.29) is 5.75 Å². The molecule has 36 heavy (non-hydrogen) atoms. The number of carbonyl (C=O) groups excluding carboxylic acids is 1. The van der Waals surface area contributed by atoms with Crippen LogP contribution >= 0.6 is 0 Å². The van der Waals surface area contributed by atoms with E-state index in [0.29, 0.717) is 30.7 Å². The highest BCUT2D eigenvalue weighted by Crippen LogP contribution is 2.35. The molecule has 2 aromatic heterocycles. The molecule has 0 bridgehead atoms. The summed E-state index contributed by atoms with van der Waals surface area (Å²) in [6, 6.07) is 17.4. The molecule has 1 amide bonds. The van der Waals surface area contributed by atoms with Gasteiger partial charge in [0.1, 0.15) is 23.0 Å². The van der Waals surface area contributed by atoms with Gasteiger partial charge in [-0.15, -0.1) is 0 Å². The molecule has 1 aliphatic heterocycles. The van der Waals surface area contributed by atoms with Crippen molar-refractivity contribution < 1.29 is 14.6 Å². The van der Waals surface area contributed by atoms with Crippen molar-refractivity contribution in [2.75, 3.05) is 16.8 Å². The van der Waals surface area contributed by atoms with E-state index in [1.807, 2.05) is 62.6 Å². The maximum atomic E-state index is 13.2. The average Bonchev–Trinajstić information content (AvgIpc) is 3.18. The summed E-state index contributed by atoms with van der Waals surface area (Å²) in [5, 5.41) is 14.6. The van der Waals surface area contributed by atoms with Crippen LogP contribution in [0.25, 0.3) is 16.9 Å². The number of amides is 1. The monoisotopic (exact) mass is 485 g/mol. The Morgan fingerprint density at radius 1 is 1.11 bits per heavy atom. The molecule has 0 spiro atoms. The number of ether oxygens (including phenoxy) is 1. The Morgan fingerprint density at radius 2 is 1.89 bits per heavy atom. The van der Waals surface area contributed by atoms with Gasteiger partial charge in [-0.2, -0.15) is 9.97 Å². The topological polar surface area (TPSA) is 92.5 Å². The van der Waals surface area contributed by atoms with E-state index >= 15 is 0 Å². The lowest BCUT2D eigenvalue weighted by Crippen LogP contribution is -2.41. The number of hydrogen-bond acceptors (Lipinski definition) is 6. The lowest BCUT2D eigenvalue weighted by atomic mass is 10.1. The first-order valence-corrected chi connectivity index (χ1v) is 12.2. The number of fused-ring (bicyclic) bond motifs is 2. The number of anilines is 2. The van der Waals surface area contributed by atoms with Crippen LogP contribution in [0.5, 0.6) is 5.75 Å². The third-order valence-corrected chi connectivity index (χ3v) is 6.16. The van der Waals surface area contributed by atoms with Gasteiger partial charge < -0.3 is 15.2 Å². The number of benzene rings is 2. The average molecular weight is 486 g/mol. The van der Waals surface area contributed by atoms with E-state index in [0.717, 1.165) is 40.6 Å². The van der Waals surface area contributed by atoms with Gasteiger partial charge in [0, 0.05) is 29.7 Å². The minimum atomic E-state index is -0.621. The molecule has 186 valence electrons. The lowest BCUT2D eigenvalue weighted by molar-refractivity contribution is 0.0576. The van der Waals surface area contributed by atoms with Crippen molar-refractivity contribution in [2.24, 2.45) is 0 Å². The maximum absolute atomic E-state index is 13.2. The number of aromatic hydroxyl groups is 1. The second-order valence-corrected chi connectivity index (χ2v) is 10.1. The van der Waals surface area contributed by atoms with E-state index in [1.54, 1.807) is 17.0 Å². The van der Waals surface area contributed by atoms with E-state index in [2.05, 4.69) is 17.4 Å². The fraction of sp³-hybridized carbons (Fsp3) is 0.321. The lowest BCUT2D eigenvalue weighted by Gasteiger charge is -2.31. The SMILES string of the molecule is Cc1cc2c(O)cccc2n1-c1nc(NCc2ccccc2)c2c(n1)N(C(=O)OC(C)(C)C)CCC2. The molecular weight excluding hydrogens is 454 g/mol. The van der Waals surface area contributed by atoms with Gasteiger partial charge in [0.05, 0.1) is 5.52 Å². The van der Waals surface area contributed by atoms with Gasteiger partial charge in [0.2, 0.25) is 5.95 Å². The van der Waals surface area contributed by atoms with Crippen LogP contribution in [0.2, 0.25) is 0 Å². The van der Waals surface area contributed by atoms with E-state index in [9.17, 15) is 9.90 Å². The first kappa shape index (κ1) is 23.7. The minimum absolute atomic E-state index is 0.199. The zero-order valence-electron chi connectivity index (χ0n) is 21.1. The highest BCUT2D eigenvalue weighted by Gasteiger charge is 2.31. The molecule has 0 saturated carbocycles. The summed E-state index contributed by atoms with van der Waals surface area (Å²) in [4.78, 5) is 24.6. The fourth-order valence-corrected chi connectivity index (χ4v) is 4.57. The molecule has 4 aromatic rings. The number of rotatable bonds is 4. The van der Waals surface area contributed by atoms with Crippen LogP contribution in [0.15, 0.2) is 54.6 Å². The van der Waals surface area contributed by atoms with Crippen molar-refractivity contribution in [3.63, 3.8) is 0 Å². The van der Waals surface area contributed by atoms with Crippen molar-refractivity contribution in [1.82, 2.24) is 14.5 Å². The molecule has 0 atom stereocenters. The normalized spacial score (nSPS) is 13.5. The van der Waals surface area contributed by atoms with Crippen molar-refractivity contribution >= 4 is 28.6 Å². The quantitative estimate of drug-likeness (QED) is 0.383. The van der Waals surface area contributed by atoms with Gasteiger partial charge in [0.25, 0.3) is 0 Å². The molecule has 5 rings (SSSR count). The van der Waals surface area contributed by atoms with Crippen molar-refractivity contribution in [2.45, 2.75) is 52.7 Å². The van der Waals surface area contributed by atoms with Gasteiger partial charge in [-0.3, -0.25) is 9.47 Å². The van der Waals surface area contributed by atoms with Crippen LogP contribution < -0.4 is 10.2 Å². The molecule has 0 saturated heterocycles. The molecule has 0 fully saturated rings. The number of phenols is 1. The maximum Gasteiger partial charge on any atom is 0.416 e. The second-order valence-electron chi connectivity index (χ2n) is 10.1. The number of aryl methyl sites for hydroxylation is 1. The number of aromatic nitrogens is 3. The molecule has 8 nitrogen and oxygen atoms in total. The van der Waals surface area contributed by atoms with Gasteiger partial charge in [-0.1, -0.05) is 36.4 Å². The summed E-state index contributed by atoms with van der Waals surface area (Å²) in [7, 11) is 0. The van der Waals surface area contributed by atoms with E-state index in [4.69, 9.17) is 14.7 Å². The zero-order valence-corrected chi connectivity index (χ0v) is 21.1. The van der Waals surface area contributed by atoms with Crippen LogP contribution in [-0.2, 0) is 17.7 Å². The smallest absolute Gasteiger partial charge is 0.416 e. The summed E-state index contributed by atoms with van der Waals surface area (Å²) in [6.07, 6.45) is 1.11. The summed E-state index contributed by atoms with van der Waals surface area (Å²) >= 11 is 0. The molecule has 3 heterocycles. The molecular formula is C28H31N5O3.